The van der Waals surface area contributed by atoms with Gasteiger partial charge in [0.15, 0.2) is 17.4 Å². The van der Waals surface area contributed by atoms with Gasteiger partial charge >= 0.3 is 18.1 Å². The van der Waals surface area contributed by atoms with Crippen molar-refractivity contribution < 1.29 is 46.2 Å². The number of aliphatic carboxylic acids is 1. The number of carbonyl (C=O) groups excluding carboxylic acids is 3. The van der Waals surface area contributed by atoms with Crippen LogP contribution in [-0.2, 0) is 10.7 Å². The van der Waals surface area contributed by atoms with Gasteiger partial charge in [0, 0.05) is 85.5 Å². The van der Waals surface area contributed by atoms with Crippen molar-refractivity contribution in [3.63, 3.8) is 0 Å². The third-order valence-electron chi connectivity index (χ3n) is 11.6. The van der Waals surface area contributed by atoms with Crippen molar-refractivity contribution in [2.75, 3.05) is 26.2 Å². The Hall–Kier alpha value is -7.99. The highest BCUT2D eigenvalue weighted by Gasteiger charge is 2.38. The molecule has 0 aliphatic carbocycles. The summed E-state index contributed by atoms with van der Waals surface area (Å²) in [6.45, 7) is 12.2. The monoisotopic (exact) mass is 948 g/mol. The Labute approximate surface area is 395 Å². The fourth-order valence-corrected chi connectivity index (χ4v) is 7.58. The SMILES string of the molecule is C.CC(=O)c1nc(-c2cc(C(=O)N3CC(c4ccc(C#N)cc4)C3)ccc2C)c(C)[nH]1.Cc1ccc(C(=O)N2CC(c3ccc(C#N)cc3)C2)cc1-c1nc(C(C)(F)F)[nH]c1C.O=C(O)C(F)(F)F. The number of nitrogens with one attached hydrogen (secondary N) is 2. The number of halogens is 5. The maximum Gasteiger partial charge on any atom is 0.490 e. The molecule has 2 aliphatic rings. The molecule has 2 amide bonds. The van der Waals surface area contributed by atoms with Crippen molar-refractivity contribution in [3.8, 4) is 34.7 Å². The van der Waals surface area contributed by atoms with E-state index in [-0.39, 0.29) is 36.8 Å². The topological polar surface area (TPSA) is 200 Å². The molecule has 13 nitrogen and oxygen atoms in total. The molecule has 4 heterocycles. The number of nitriles is 2. The molecule has 358 valence electrons. The second kappa shape index (κ2) is 20.9. The Morgan fingerprint density at radius 3 is 1.35 bits per heavy atom. The number of carboxylic acids is 1. The van der Waals surface area contributed by atoms with Gasteiger partial charge in [-0.3, -0.25) is 14.4 Å². The average molecular weight is 949 g/mol. The molecule has 0 radical (unpaired) electrons. The summed E-state index contributed by atoms with van der Waals surface area (Å²) in [4.78, 5) is 64.3. The fourth-order valence-electron chi connectivity index (χ4n) is 7.58. The van der Waals surface area contributed by atoms with E-state index in [0.717, 1.165) is 40.4 Å². The van der Waals surface area contributed by atoms with Crippen molar-refractivity contribution >= 4 is 23.6 Å². The largest absolute Gasteiger partial charge is 0.490 e. The molecule has 2 saturated heterocycles. The molecule has 0 spiro atoms. The number of carboxylic acid groups (broad SMARTS) is 1. The number of carbonyl (C=O) groups is 4. The number of rotatable bonds is 8. The van der Waals surface area contributed by atoms with Crippen molar-refractivity contribution in [2.24, 2.45) is 0 Å². The molecule has 0 unspecified atom stereocenters. The molecule has 18 heteroatoms. The molecule has 8 rings (SSSR count). The van der Waals surface area contributed by atoms with Crippen molar-refractivity contribution in [1.29, 1.82) is 10.5 Å². The van der Waals surface area contributed by atoms with E-state index in [4.69, 9.17) is 20.4 Å². The Balaban J connectivity index is 0.000000224. The maximum atomic E-state index is 13.7. The summed E-state index contributed by atoms with van der Waals surface area (Å²) in [5.41, 5.74) is 10.5. The minimum Gasteiger partial charge on any atom is -0.475 e. The van der Waals surface area contributed by atoms with Crippen LogP contribution in [0.3, 0.4) is 0 Å². The number of aryl methyl sites for hydroxylation is 4. The second-order valence-corrected chi connectivity index (χ2v) is 16.7. The zero-order valence-electron chi connectivity index (χ0n) is 37.7. The van der Waals surface area contributed by atoms with Crippen LogP contribution in [0.2, 0.25) is 0 Å². The molecule has 4 aromatic carbocycles. The number of ketones is 1. The standard InChI is InChI=1S/C24H22F2N4O.C24H22N4O2.C2HF3O2.CH4/c1-14-4-7-18(10-20(14)21-15(2)28-23(29-21)24(3,25)26)22(31)30-12-19(13-30)17-8-5-16(11-27)6-9-17;1-14-4-7-19(10-21(14)22-15(2)26-23(27-22)16(3)29)24(30)28-12-20(13-28)18-8-5-17(11-25)6-9-18;3-2(4,5)1(6)7;/h4-10,19H,12-13H2,1-3H3,(H,28,29);4-10,20H,12-13H2,1-3H3,(H,26,27);(H,6,7);1H4. The number of aromatic nitrogens is 4. The van der Waals surface area contributed by atoms with Gasteiger partial charge in [0.2, 0.25) is 0 Å². The molecular formula is C51H49F5N8O5. The number of alkyl halides is 5. The molecule has 2 aliphatic heterocycles. The van der Waals surface area contributed by atoms with E-state index in [1.165, 1.54) is 6.92 Å². The van der Waals surface area contributed by atoms with E-state index < -0.39 is 18.1 Å². The minimum absolute atomic E-state index is 0. The van der Waals surface area contributed by atoms with E-state index >= 15 is 0 Å². The molecule has 6 aromatic rings. The van der Waals surface area contributed by atoms with Gasteiger partial charge in [0.05, 0.1) is 34.7 Å². The summed E-state index contributed by atoms with van der Waals surface area (Å²) in [5.74, 6) is -5.58. The highest BCUT2D eigenvalue weighted by molar-refractivity contribution is 5.97. The molecule has 3 N–H and O–H groups in total. The number of benzene rings is 4. The molecule has 2 fully saturated rings. The van der Waals surface area contributed by atoms with Crippen LogP contribution in [0.25, 0.3) is 22.5 Å². The number of likely N-dealkylation sites (tertiary alicyclic amines) is 2. The van der Waals surface area contributed by atoms with Gasteiger partial charge in [-0.25, -0.2) is 14.8 Å². The lowest BCUT2D eigenvalue weighted by Gasteiger charge is -2.39. The predicted molar refractivity (Wildman–Crippen MR) is 247 cm³/mol. The van der Waals surface area contributed by atoms with Gasteiger partial charge in [-0.2, -0.15) is 32.5 Å². The minimum atomic E-state index is -5.08. The van der Waals surface area contributed by atoms with Crippen molar-refractivity contribution in [2.45, 2.75) is 72.9 Å². The first-order valence-electron chi connectivity index (χ1n) is 21.1. The van der Waals surface area contributed by atoms with Gasteiger partial charge < -0.3 is 24.9 Å². The summed E-state index contributed by atoms with van der Waals surface area (Å²) in [6.07, 6.45) is -5.08. The van der Waals surface area contributed by atoms with Gasteiger partial charge in [0.1, 0.15) is 0 Å². The maximum absolute atomic E-state index is 13.7. The Morgan fingerprint density at radius 1 is 0.652 bits per heavy atom. The number of amides is 2. The average Bonchev–Trinajstić information content (AvgIpc) is 3.86. The highest BCUT2D eigenvalue weighted by Crippen LogP contribution is 2.34. The third kappa shape index (κ3) is 11.9. The number of aromatic amines is 2. The predicted octanol–water partition coefficient (Wildman–Crippen LogP) is 10.2. The fraction of sp³-hybridized carbons (Fsp3) is 0.294. The molecule has 0 saturated carbocycles. The molecule has 0 atom stereocenters. The molecule has 0 bridgehead atoms. The van der Waals surface area contributed by atoms with E-state index in [0.29, 0.717) is 82.8 Å². The first-order chi connectivity index (χ1) is 32.0. The Kier molecular flexibility index (Phi) is 15.7. The number of Topliss-reactive ketones (excluding diaryl/α,β-unsaturated/α-hetero) is 1. The Bertz CT molecular complexity index is 2970. The summed E-state index contributed by atoms with van der Waals surface area (Å²) in [6, 6.07) is 30.1. The van der Waals surface area contributed by atoms with Crippen LogP contribution in [0.15, 0.2) is 84.9 Å². The lowest BCUT2D eigenvalue weighted by molar-refractivity contribution is -0.192. The van der Waals surface area contributed by atoms with Gasteiger partial charge in [-0.1, -0.05) is 43.8 Å². The highest BCUT2D eigenvalue weighted by atomic mass is 19.4. The smallest absolute Gasteiger partial charge is 0.475 e. The van der Waals surface area contributed by atoms with E-state index in [9.17, 15) is 36.3 Å². The summed E-state index contributed by atoms with van der Waals surface area (Å²) < 4.78 is 59.1. The van der Waals surface area contributed by atoms with Crippen molar-refractivity contribution in [3.05, 3.63) is 152 Å². The zero-order chi connectivity index (χ0) is 49.8. The van der Waals surface area contributed by atoms with Crippen LogP contribution in [-0.4, -0.2) is 90.8 Å². The van der Waals surface area contributed by atoms with Gasteiger partial charge in [-0.15, -0.1) is 0 Å². The summed E-state index contributed by atoms with van der Waals surface area (Å²) >= 11 is 0. The molecule has 2 aromatic heterocycles. The van der Waals surface area contributed by atoms with Crippen LogP contribution in [0.5, 0.6) is 0 Å². The van der Waals surface area contributed by atoms with Crippen LogP contribution in [0.4, 0.5) is 22.0 Å². The number of H-pyrrole nitrogens is 2. The van der Waals surface area contributed by atoms with E-state index in [1.54, 1.807) is 36.1 Å². The van der Waals surface area contributed by atoms with Gasteiger partial charge in [0.25, 0.3) is 11.8 Å². The lowest BCUT2D eigenvalue weighted by atomic mass is 9.90. The first kappa shape index (κ1) is 52.0. The number of nitrogens with zero attached hydrogens (tertiary/aromatic N) is 6. The lowest BCUT2D eigenvalue weighted by Crippen LogP contribution is -2.48. The summed E-state index contributed by atoms with van der Waals surface area (Å²) in [5, 5.41) is 25.0. The van der Waals surface area contributed by atoms with Crippen LogP contribution >= 0.6 is 0 Å². The van der Waals surface area contributed by atoms with Crippen LogP contribution < -0.4 is 0 Å². The molecular weight excluding hydrogens is 900 g/mol. The zero-order valence-corrected chi connectivity index (χ0v) is 37.7. The summed E-state index contributed by atoms with van der Waals surface area (Å²) in [7, 11) is 0. The second-order valence-electron chi connectivity index (χ2n) is 16.7. The van der Waals surface area contributed by atoms with Crippen LogP contribution in [0.1, 0.15) is 115 Å². The number of imidazole rings is 2. The number of hydrogen-bond acceptors (Lipinski definition) is 8. The van der Waals surface area contributed by atoms with E-state index in [2.05, 4.69) is 32.1 Å². The quantitative estimate of drug-likeness (QED) is 0.0981. The third-order valence-corrected chi connectivity index (χ3v) is 11.6. The number of hydrogen-bond donors (Lipinski definition) is 3. The van der Waals surface area contributed by atoms with E-state index in [1.807, 2.05) is 86.3 Å². The normalized spacial score (nSPS) is 13.5. The molecule has 69 heavy (non-hydrogen) atoms. The Morgan fingerprint density at radius 2 is 1.03 bits per heavy atom. The van der Waals surface area contributed by atoms with Crippen molar-refractivity contribution in [1.82, 2.24) is 29.7 Å². The first-order valence-corrected chi connectivity index (χ1v) is 21.1. The van der Waals surface area contributed by atoms with Gasteiger partial charge in [-0.05, 0) is 98.5 Å². The van der Waals surface area contributed by atoms with Crippen LogP contribution in [0, 0.1) is 50.4 Å².